The summed E-state index contributed by atoms with van der Waals surface area (Å²) in [6, 6.07) is 19.3. The Morgan fingerprint density at radius 2 is 1.62 bits per heavy atom. The Morgan fingerprint density at radius 3 is 2.28 bits per heavy atom. The summed E-state index contributed by atoms with van der Waals surface area (Å²) in [4.78, 5) is 28.1. The zero-order valence-corrected chi connectivity index (χ0v) is 18.6. The molecule has 1 aliphatic heterocycles. The molecule has 162 valence electrons. The lowest BCUT2D eigenvalue weighted by molar-refractivity contribution is -0.120. The number of rotatable bonds is 6. The first kappa shape index (κ1) is 21.5. The number of anilines is 2. The molecule has 0 bridgehead atoms. The van der Waals surface area contributed by atoms with Gasteiger partial charge in [0, 0.05) is 11.8 Å². The molecule has 0 aliphatic carbocycles. The predicted octanol–water partition coefficient (Wildman–Crippen LogP) is 5.06. The minimum Gasteiger partial charge on any atom is -0.497 e. The minimum atomic E-state index is -0.467. The number of nitrogens with one attached hydrogen (secondary N) is 1. The van der Waals surface area contributed by atoms with Gasteiger partial charge in [0.2, 0.25) is 0 Å². The summed E-state index contributed by atoms with van der Waals surface area (Å²) in [6.45, 7) is 1.96. The summed E-state index contributed by atoms with van der Waals surface area (Å²) in [7, 11) is 3.06. The summed E-state index contributed by atoms with van der Waals surface area (Å²) >= 11 is 6.25. The maximum Gasteiger partial charge on any atom is 0.282 e. The van der Waals surface area contributed by atoms with Crippen molar-refractivity contribution in [2.24, 2.45) is 0 Å². The molecule has 2 amide bonds. The molecule has 0 fully saturated rings. The fourth-order valence-electron chi connectivity index (χ4n) is 3.51. The third-order valence-electron chi connectivity index (χ3n) is 5.16. The number of carbonyl (C=O) groups excluding carboxylic acids is 2. The molecule has 32 heavy (non-hydrogen) atoms. The van der Waals surface area contributed by atoms with Crippen molar-refractivity contribution in [2.45, 2.75) is 6.92 Å². The highest BCUT2D eigenvalue weighted by Crippen LogP contribution is 2.36. The van der Waals surface area contributed by atoms with Gasteiger partial charge in [-0.25, -0.2) is 4.90 Å². The maximum absolute atomic E-state index is 13.5. The molecule has 1 aliphatic rings. The zero-order chi connectivity index (χ0) is 22.8. The number of methoxy groups -OCH3 is 2. The van der Waals surface area contributed by atoms with E-state index in [1.165, 1.54) is 14.2 Å². The average Bonchev–Trinajstić information content (AvgIpc) is 3.04. The van der Waals surface area contributed by atoms with Crippen LogP contribution in [0, 0.1) is 6.92 Å². The molecule has 1 heterocycles. The van der Waals surface area contributed by atoms with Gasteiger partial charge in [-0.1, -0.05) is 47.5 Å². The standard InChI is InChI=1S/C25H21ClN2O4/c1-15-7-9-16(10-8-15)22-23(27-17-11-12-21(32-3)20(26)13-17)25(30)28(24(22)29)18-5-4-6-19(14-18)31-2/h4-14,27H,1-3H3. The molecule has 0 saturated heterocycles. The molecular formula is C25H21ClN2O4. The number of halogens is 1. The number of benzene rings is 3. The lowest BCUT2D eigenvalue weighted by Crippen LogP contribution is -2.32. The van der Waals surface area contributed by atoms with E-state index in [0.717, 1.165) is 10.5 Å². The Labute approximate surface area is 191 Å². The quantitative estimate of drug-likeness (QED) is 0.534. The lowest BCUT2D eigenvalue weighted by atomic mass is 10.0. The summed E-state index contributed by atoms with van der Waals surface area (Å²) in [5.41, 5.74) is 3.12. The highest BCUT2D eigenvalue weighted by Gasteiger charge is 2.40. The summed E-state index contributed by atoms with van der Waals surface area (Å²) in [5, 5.41) is 3.49. The molecule has 7 heteroatoms. The third-order valence-corrected chi connectivity index (χ3v) is 5.45. The van der Waals surface area contributed by atoms with Gasteiger partial charge in [-0.2, -0.15) is 0 Å². The van der Waals surface area contributed by atoms with E-state index in [4.69, 9.17) is 21.1 Å². The third kappa shape index (κ3) is 3.92. The van der Waals surface area contributed by atoms with Crippen LogP contribution in [0.4, 0.5) is 11.4 Å². The van der Waals surface area contributed by atoms with Crippen LogP contribution in [0.25, 0.3) is 5.57 Å². The first-order chi connectivity index (χ1) is 15.4. The van der Waals surface area contributed by atoms with E-state index in [-0.39, 0.29) is 11.3 Å². The Bertz CT molecular complexity index is 1230. The van der Waals surface area contributed by atoms with Gasteiger partial charge in [-0.05, 0) is 42.8 Å². The zero-order valence-electron chi connectivity index (χ0n) is 17.8. The molecule has 6 nitrogen and oxygen atoms in total. The average molecular weight is 449 g/mol. The molecule has 3 aromatic carbocycles. The maximum atomic E-state index is 13.5. The molecule has 3 aromatic rings. The molecule has 0 aromatic heterocycles. The molecular weight excluding hydrogens is 428 g/mol. The SMILES string of the molecule is COc1cccc(N2C(=O)C(Nc3ccc(OC)c(Cl)c3)=C(c3ccc(C)cc3)C2=O)c1. The predicted molar refractivity (Wildman–Crippen MR) is 125 cm³/mol. The number of imide groups is 1. The summed E-state index contributed by atoms with van der Waals surface area (Å²) in [6.07, 6.45) is 0. The van der Waals surface area contributed by atoms with Crippen LogP contribution in [-0.4, -0.2) is 26.0 Å². The molecule has 0 atom stereocenters. The van der Waals surface area contributed by atoms with E-state index in [1.807, 2.05) is 31.2 Å². The highest BCUT2D eigenvalue weighted by atomic mass is 35.5. The van der Waals surface area contributed by atoms with Crippen LogP contribution < -0.4 is 19.7 Å². The smallest absolute Gasteiger partial charge is 0.282 e. The van der Waals surface area contributed by atoms with Crippen molar-refractivity contribution in [3.63, 3.8) is 0 Å². The van der Waals surface area contributed by atoms with Crippen LogP contribution in [0.15, 0.2) is 72.4 Å². The van der Waals surface area contributed by atoms with Crippen molar-refractivity contribution in [3.8, 4) is 11.5 Å². The normalized spacial score (nSPS) is 13.6. The monoisotopic (exact) mass is 448 g/mol. The number of aryl methyl sites for hydroxylation is 1. The van der Waals surface area contributed by atoms with Gasteiger partial charge in [-0.3, -0.25) is 9.59 Å². The number of amides is 2. The van der Waals surface area contributed by atoms with E-state index in [1.54, 1.807) is 42.5 Å². The Morgan fingerprint density at radius 1 is 0.875 bits per heavy atom. The van der Waals surface area contributed by atoms with E-state index in [9.17, 15) is 9.59 Å². The van der Waals surface area contributed by atoms with Crippen molar-refractivity contribution >= 4 is 40.4 Å². The Hall–Kier alpha value is -3.77. The number of ether oxygens (including phenoxy) is 2. The van der Waals surface area contributed by atoms with Gasteiger partial charge in [0.1, 0.15) is 17.2 Å². The van der Waals surface area contributed by atoms with Crippen LogP contribution >= 0.6 is 11.6 Å². The Balaban J connectivity index is 1.81. The van der Waals surface area contributed by atoms with Crippen molar-refractivity contribution < 1.29 is 19.1 Å². The number of hydrogen-bond donors (Lipinski definition) is 1. The van der Waals surface area contributed by atoms with E-state index < -0.39 is 11.8 Å². The molecule has 0 unspecified atom stereocenters. The minimum absolute atomic E-state index is 0.169. The fourth-order valence-corrected chi connectivity index (χ4v) is 3.76. The van der Waals surface area contributed by atoms with Crippen LogP contribution in [0.2, 0.25) is 5.02 Å². The van der Waals surface area contributed by atoms with E-state index >= 15 is 0 Å². The van der Waals surface area contributed by atoms with Crippen molar-refractivity contribution in [1.82, 2.24) is 0 Å². The van der Waals surface area contributed by atoms with Crippen molar-refractivity contribution in [2.75, 3.05) is 24.4 Å². The van der Waals surface area contributed by atoms with Crippen LogP contribution in [0.5, 0.6) is 11.5 Å². The highest BCUT2D eigenvalue weighted by molar-refractivity contribution is 6.46. The van der Waals surface area contributed by atoms with E-state index in [2.05, 4.69) is 5.32 Å². The largest absolute Gasteiger partial charge is 0.497 e. The first-order valence-electron chi connectivity index (χ1n) is 9.87. The molecule has 0 saturated carbocycles. The first-order valence-corrected chi connectivity index (χ1v) is 10.3. The van der Waals surface area contributed by atoms with Crippen LogP contribution in [0.3, 0.4) is 0 Å². The number of carbonyl (C=O) groups is 2. The summed E-state index contributed by atoms with van der Waals surface area (Å²) < 4.78 is 10.5. The molecule has 0 spiro atoms. The molecule has 1 N–H and O–H groups in total. The van der Waals surface area contributed by atoms with Crippen molar-refractivity contribution in [1.29, 1.82) is 0 Å². The molecule has 0 radical (unpaired) electrons. The van der Waals surface area contributed by atoms with Crippen molar-refractivity contribution in [3.05, 3.63) is 88.6 Å². The second-order valence-corrected chi connectivity index (χ2v) is 7.64. The lowest BCUT2D eigenvalue weighted by Gasteiger charge is -2.16. The fraction of sp³-hybridized carbons (Fsp3) is 0.120. The Kier molecular flexibility index (Phi) is 5.88. The second kappa shape index (κ2) is 8.77. The van der Waals surface area contributed by atoms with Gasteiger partial charge >= 0.3 is 0 Å². The second-order valence-electron chi connectivity index (χ2n) is 7.24. The number of nitrogens with zero attached hydrogens (tertiary/aromatic N) is 1. The van der Waals surface area contributed by atoms with Crippen LogP contribution in [0.1, 0.15) is 11.1 Å². The summed E-state index contributed by atoms with van der Waals surface area (Å²) in [5.74, 6) is 0.167. The topological polar surface area (TPSA) is 67.9 Å². The van der Waals surface area contributed by atoms with Crippen LogP contribution in [-0.2, 0) is 9.59 Å². The van der Waals surface area contributed by atoms with Gasteiger partial charge in [0.15, 0.2) is 0 Å². The van der Waals surface area contributed by atoms with E-state index in [0.29, 0.717) is 33.5 Å². The van der Waals surface area contributed by atoms with Gasteiger partial charge in [-0.15, -0.1) is 0 Å². The van der Waals surface area contributed by atoms with Gasteiger partial charge in [0.25, 0.3) is 11.8 Å². The molecule has 4 rings (SSSR count). The van der Waals surface area contributed by atoms with Gasteiger partial charge in [0.05, 0.1) is 30.5 Å². The van der Waals surface area contributed by atoms with Gasteiger partial charge < -0.3 is 14.8 Å². The number of hydrogen-bond acceptors (Lipinski definition) is 5.